The quantitative estimate of drug-likeness (QED) is 0.192. The molecule has 0 radical (unpaired) electrons. The highest BCUT2D eigenvalue weighted by molar-refractivity contribution is 5.91. The summed E-state index contributed by atoms with van der Waals surface area (Å²) in [6, 6.07) is 56.4. The van der Waals surface area contributed by atoms with Crippen molar-refractivity contribution in [1.82, 2.24) is 19.9 Å². The summed E-state index contributed by atoms with van der Waals surface area (Å²) in [5, 5.41) is 0. The van der Waals surface area contributed by atoms with Crippen molar-refractivity contribution in [2.75, 3.05) is 0 Å². The van der Waals surface area contributed by atoms with Crippen molar-refractivity contribution in [3.8, 4) is 68.0 Å². The molecule has 1 aliphatic carbocycles. The smallest absolute Gasteiger partial charge is 0.167 e. The van der Waals surface area contributed by atoms with E-state index in [9.17, 15) is 0 Å². The van der Waals surface area contributed by atoms with E-state index < -0.39 is 5.41 Å². The van der Waals surface area contributed by atoms with E-state index in [1.54, 1.807) is 0 Å². The van der Waals surface area contributed by atoms with Crippen LogP contribution in [0.15, 0.2) is 170 Å². The molecule has 0 saturated carbocycles. The van der Waals surface area contributed by atoms with Crippen LogP contribution in [0, 0.1) is 0 Å². The van der Waals surface area contributed by atoms with Crippen molar-refractivity contribution in [3.63, 3.8) is 0 Å². The van der Waals surface area contributed by atoms with Crippen molar-refractivity contribution in [2.24, 2.45) is 0 Å². The predicted molar refractivity (Wildman–Crippen MR) is 197 cm³/mol. The van der Waals surface area contributed by atoms with Gasteiger partial charge in [-0.15, -0.1) is 0 Å². The van der Waals surface area contributed by atoms with Crippen molar-refractivity contribution >= 4 is 0 Å². The van der Waals surface area contributed by atoms with Gasteiger partial charge in [-0.2, -0.15) is 0 Å². The second-order valence-corrected chi connectivity index (χ2v) is 12.6. The first-order valence-corrected chi connectivity index (χ1v) is 16.7. The van der Waals surface area contributed by atoms with Crippen LogP contribution >= 0.6 is 0 Å². The first-order chi connectivity index (χ1) is 24.8. The van der Waals surface area contributed by atoms with Gasteiger partial charge in [0.2, 0.25) is 0 Å². The Hall–Kier alpha value is -6.72. The molecule has 2 aliphatic rings. The second-order valence-electron chi connectivity index (χ2n) is 12.6. The first kappa shape index (κ1) is 28.3. The van der Waals surface area contributed by atoms with Crippen LogP contribution in [0.3, 0.4) is 0 Å². The number of ether oxygens (including phenoxy) is 1. The van der Waals surface area contributed by atoms with Crippen LogP contribution < -0.4 is 4.74 Å². The predicted octanol–water partition coefficient (Wildman–Crippen LogP) is 10.4. The summed E-state index contributed by atoms with van der Waals surface area (Å²) in [7, 11) is 0. The number of rotatable bonds is 4. The molecule has 5 heteroatoms. The highest BCUT2D eigenvalue weighted by Crippen LogP contribution is 2.64. The molecule has 0 unspecified atom stereocenters. The Bertz CT molecular complexity index is 2470. The molecule has 50 heavy (non-hydrogen) atoms. The summed E-state index contributed by atoms with van der Waals surface area (Å²) in [5.41, 5.74) is 10.7. The van der Waals surface area contributed by atoms with Crippen LogP contribution in [-0.4, -0.2) is 19.9 Å². The number of fused-ring (bicyclic) bond motifs is 9. The molecule has 6 aromatic carbocycles. The summed E-state index contributed by atoms with van der Waals surface area (Å²) >= 11 is 0. The maximum atomic E-state index is 7.22. The standard InChI is InChI=1S/C45H28N4O/c1-3-15-29(16-4-1)42-47-43(30-17-5-2-6-18-30)49-44(48-42)34-22-14-26-38-41(34)50-40-33(39-27-11-12-28-46-39)21-13-25-37(40)45(38)35-23-9-7-19-31(35)32-20-8-10-24-36(32)45/h1-28H. The molecule has 0 N–H and O–H groups in total. The van der Waals surface area contributed by atoms with Crippen LogP contribution in [0.1, 0.15) is 22.3 Å². The minimum Gasteiger partial charge on any atom is -0.455 e. The molecule has 0 amide bonds. The van der Waals surface area contributed by atoms with Gasteiger partial charge in [-0.3, -0.25) is 4.98 Å². The van der Waals surface area contributed by atoms with Gasteiger partial charge in [-0.25, -0.2) is 15.0 Å². The molecule has 0 saturated heterocycles. The van der Waals surface area contributed by atoms with E-state index in [-0.39, 0.29) is 0 Å². The zero-order valence-electron chi connectivity index (χ0n) is 26.9. The van der Waals surface area contributed by atoms with Gasteiger partial charge in [0.15, 0.2) is 17.5 Å². The lowest BCUT2D eigenvalue weighted by molar-refractivity contribution is 0.439. The van der Waals surface area contributed by atoms with Gasteiger partial charge in [-0.1, -0.05) is 140 Å². The summed E-state index contributed by atoms with van der Waals surface area (Å²) in [4.78, 5) is 20.0. The van der Waals surface area contributed by atoms with Gasteiger partial charge >= 0.3 is 0 Å². The van der Waals surface area contributed by atoms with Crippen LogP contribution in [0.4, 0.5) is 0 Å². The monoisotopic (exact) mass is 640 g/mol. The number of pyridine rings is 1. The maximum Gasteiger partial charge on any atom is 0.167 e. The Morgan fingerprint density at radius 2 is 0.820 bits per heavy atom. The van der Waals surface area contributed by atoms with E-state index in [2.05, 4.69) is 84.9 Å². The van der Waals surface area contributed by atoms with Crippen LogP contribution in [-0.2, 0) is 5.41 Å². The molecule has 3 heterocycles. The van der Waals surface area contributed by atoms with Gasteiger partial charge in [0, 0.05) is 34.0 Å². The number of para-hydroxylation sites is 2. The van der Waals surface area contributed by atoms with Crippen molar-refractivity contribution in [3.05, 3.63) is 192 Å². The zero-order valence-corrected chi connectivity index (χ0v) is 26.9. The van der Waals surface area contributed by atoms with Crippen LogP contribution in [0.2, 0.25) is 0 Å². The summed E-state index contributed by atoms with van der Waals surface area (Å²) in [5.74, 6) is 3.24. The van der Waals surface area contributed by atoms with Crippen molar-refractivity contribution in [1.29, 1.82) is 0 Å². The Morgan fingerprint density at radius 1 is 0.360 bits per heavy atom. The third-order valence-corrected chi connectivity index (χ3v) is 9.88. The molecule has 8 aromatic rings. The normalized spacial score (nSPS) is 13.1. The fourth-order valence-corrected chi connectivity index (χ4v) is 7.78. The fraction of sp³-hybridized carbons (Fsp3) is 0.0222. The van der Waals surface area contributed by atoms with E-state index >= 15 is 0 Å². The van der Waals surface area contributed by atoms with Crippen molar-refractivity contribution < 1.29 is 4.74 Å². The summed E-state index contributed by atoms with van der Waals surface area (Å²) < 4.78 is 7.22. The molecule has 0 bridgehead atoms. The lowest BCUT2D eigenvalue weighted by atomic mass is 9.65. The lowest BCUT2D eigenvalue weighted by Gasteiger charge is -2.40. The van der Waals surface area contributed by atoms with Crippen LogP contribution in [0.5, 0.6) is 11.5 Å². The average molecular weight is 641 g/mol. The molecule has 234 valence electrons. The maximum absolute atomic E-state index is 7.22. The number of hydrogen-bond donors (Lipinski definition) is 0. The Labute approximate surface area is 289 Å². The second kappa shape index (κ2) is 11.2. The SMILES string of the molecule is c1ccc(-c2nc(-c3ccccc3)nc(-c3cccc4c3Oc3c(-c5ccccn5)cccc3C43c4ccccc4-c4ccccc43)n2)cc1. The molecule has 2 aromatic heterocycles. The van der Waals surface area contributed by atoms with E-state index in [0.717, 1.165) is 50.6 Å². The Kier molecular flexibility index (Phi) is 6.33. The van der Waals surface area contributed by atoms with Gasteiger partial charge in [0.1, 0.15) is 11.5 Å². The van der Waals surface area contributed by atoms with Crippen molar-refractivity contribution in [2.45, 2.75) is 5.41 Å². The molecule has 0 fully saturated rings. The van der Waals surface area contributed by atoms with Gasteiger partial charge < -0.3 is 4.74 Å². The molecular formula is C45H28N4O. The highest BCUT2D eigenvalue weighted by atomic mass is 16.5. The summed E-state index contributed by atoms with van der Waals surface area (Å²) in [6.45, 7) is 0. The minimum absolute atomic E-state index is 0.544. The third-order valence-electron chi connectivity index (χ3n) is 9.88. The Morgan fingerprint density at radius 3 is 1.40 bits per heavy atom. The highest BCUT2D eigenvalue weighted by Gasteiger charge is 2.52. The number of hydrogen-bond acceptors (Lipinski definition) is 5. The Balaban J connectivity index is 1.30. The fourth-order valence-electron chi connectivity index (χ4n) is 7.78. The molecule has 0 atom stereocenters. The van der Waals surface area contributed by atoms with E-state index in [1.165, 1.54) is 22.3 Å². The summed E-state index contributed by atoms with van der Waals surface area (Å²) in [6.07, 6.45) is 1.83. The number of aromatic nitrogens is 4. The average Bonchev–Trinajstić information content (AvgIpc) is 3.49. The first-order valence-electron chi connectivity index (χ1n) is 16.7. The van der Waals surface area contributed by atoms with E-state index in [0.29, 0.717) is 17.5 Å². The lowest BCUT2D eigenvalue weighted by Crippen LogP contribution is -2.32. The largest absolute Gasteiger partial charge is 0.455 e. The van der Waals surface area contributed by atoms with Gasteiger partial charge in [0.05, 0.1) is 16.7 Å². The minimum atomic E-state index is -0.658. The van der Waals surface area contributed by atoms with Gasteiger partial charge in [0.25, 0.3) is 0 Å². The number of benzene rings is 6. The topological polar surface area (TPSA) is 60.8 Å². The zero-order chi connectivity index (χ0) is 33.1. The van der Waals surface area contributed by atoms with Gasteiger partial charge in [-0.05, 0) is 46.5 Å². The van der Waals surface area contributed by atoms with E-state index in [1.807, 2.05) is 85.1 Å². The molecule has 1 spiro atoms. The third kappa shape index (κ3) is 4.13. The molecule has 5 nitrogen and oxygen atoms in total. The molecule has 1 aliphatic heterocycles. The van der Waals surface area contributed by atoms with Crippen LogP contribution in [0.25, 0.3) is 56.5 Å². The van der Waals surface area contributed by atoms with E-state index in [4.69, 9.17) is 24.7 Å². The molecular weight excluding hydrogens is 613 g/mol. The molecule has 10 rings (SSSR count). The number of nitrogens with zero attached hydrogens (tertiary/aromatic N) is 4.